The standard InChI is InChI=1S/C16H26N2O/c1-11(2)12-9-7-8-10-13(12)18-14(19)15(3,4)16(5,6)17/h7-11H,17H2,1-6H3,(H,18,19). The topological polar surface area (TPSA) is 55.1 Å². The Hall–Kier alpha value is -1.35. The van der Waals surface area contributed by atoms with Gasteiger partial charge in [0.15, 0.2) is 0 Å². The van der Waals surface area contributed by atoms with Crippen molar-refractivity contribution in [3.8, 4) is 0 Å². The lowest BCUT2D eigenvalue weighted by molar-refractivity contribution is -0.126. The van der Waals surface area contributed by atoms with Gasteiger partial charge in [0, 0.05) is 11.2 Å². The summed E-state index contributed by atoms with van der Waals surface area (Å²) in [5.74, 6) is 0.318. The number of para-hydroxylation sites is 1. The highest BCUT2D eigenvalue weighted by atomic mass is 16.2. The zero-order valence-corrected chi connectivity index (χ0v) is 12.9. The summed E-state index contributed by atoms with van der Waals surface area (Å²) in [6.07, 6.45) is 0. The number of benzene rings is 1. The molecule has 0 fully saturated rings. The van der Waals surface area contributed by atoms with Crippen LogP contribution in [0.5, 0.6) is 0 Å². The minimum atomic E-state index is -0.642. The van der Waals surface area contributed by atoms with E-state index in [1.165, 1.54) is 0 Å². The molecule has 1 rings (SSSR count). The van der Waals surface area contributed by atoms with Crippen LogP contribution in [0.15, 0.2) is 24.3 Å². The molecule has 3 nitrogen and oxygen atoms in total. The van der Waals surface area contributed by atoms with Crippen LogP contribution in [0, 0.1) is 5.41 Å². The molecule has 0 radical (unpaired) electrons. The molecule has 0 aliphatic heterocycles. The molecule has 1 amide bonds. The zero-order chi connectivity index (χ0) is 14.8. The molecule has 0 aliphatic rings. The molecule has 3 heteroatoms. The van der Waals surface area contributed by atoms with Crippen molar-refractivity contribution >= 4 is 11.6 Å². The van der Waals surface area contributed by atoms with Gasteiger partial charge in [-0.15, -0.1) is 0 Å². The molecule has 0 aliphatic carbocycles. The second-order valence-corrected chi connectivity index (χ2v) is 6.54. The molecular formula is C16H26N2O. The van der Waals surface area contributed by atoms with Gasteiger partial charge in [-0.1, -0.05) is 32.0 Å². The number of hydrogen-bond donors (Lipinski definition) is 2. The molecule has 0 aromatic heterocycles. The zero-order valence-electron chi connectivity index (χ0n) is 12.9. The van der Waals surface area contributed by atoms with Crippen molar-refractivity contribution in [1.82, 2.24) is 0 Å². The summed E-state index contributed by atoms with van der Waals surface area (Å²) in [6, 6.07) is 7.90. The normalized spacial score (nSPS) is 12.6. The summed E-state index contributed by atoms with van der Waals surface area (Å²) in [5, 5.41) is 3.02. The first-order valence-corrected chi connectivity index (χ1v) is 6.76. The van der Waals surface area contributed by atoms with Crippen molar-refractivity contribution < 1.29 is 4.79 Å². The first kappa shape index (κ1) is 15.7. The summed E-state index contributed by atoms with van der Waals surface area (Å²) in [6.45, 7) is 11.7. The lowest BCUT2D eigenvalue weighted by Crippen LogP contribution is -2.53. The second kappa shape index (κ2) is 5.33. The highest BCUT2D eigenvalue weighted by molar-refractivity contribution is 5.96. The minimum Gasteiger partial charge on any atom is -0.325 e. The van der Waals surface area contributed by atoms with E-state index in [1.807, 2.05) is 52.0 Å². The van der Waals surface area contributed by atoms with Gasteiger partial charge in [-0.2, -0.15) is 0 Å². The molecule has 0 unspecified atom stereocenters. The molecule has 3 N–H and O–H groups in total. The van der Waals surface area contributed by atoms with Crippen molar-refractivity contribution in [2.24, 2.45) is 11.1 Å². The summed E-state index contributed by atoms with van der Waals surface area (Å²) in [4.78, 5) is 12.5. The average molecular weight is 262 g/mol. The number of amides is 1. The monoisotopic (exact) mass is 262 g/mol. The Bertz CT molecular complexity index is 456. The highest BCUT2D eigenvalue weighted by Crippen LogP contribution is 2.31. The first-order valence-electron chi connectivity index (χ1n) is 6.76. The Kier molecular flexibility index (Phi) is 4.41. The van der Waals surface area contributed by atoms with Crippen LogP contribution in [0.4, 0.5) is 5.69 Å². The quantitative estimate of drug-likeness (QED) is 0.872. The number of nitrogens with one attached hydrogen (secondary N) is 1. The van der Waals surface area contributed by atoms with Crippen LogP contribution < -0.4 is 11.1 Å². The van der Waals surface area contributed by atoms with Gasteiger partial charge in [0.2, 0.25) is 5.91 Å². The SMILES string of the molecule is CC(C)c1ccccc1NC(=O)C(C)(C)C(C)(C)N. The molecule has 0 spiro atoms. The molecule has 1 aromatic rings. The molecule has 1 aromatic carbocycles. The van der Waals surface area contributed by atoms with Gasteiger partial charge in [-0.05, 0) is 45.2 Å². The average Bonchev–Trinajstić information content (AvgIpc) is 2.27. The first-order chi connectivity index (χ1) is 8.57. The molecule has 106 valence electrons. The van der Waals surface area contributed by atoms with Gasteiger partial charge < -0.3 is 11.1 Å². The lowest BCUT2D eigenvalue weighted by Gasteiger charge is -2.37. The van der Waals surface area contributed by atoms with E-state index in [0.717, 1.165) is 11.3 Å². The second-order valence-electron chi connectivity index (χ2n) is 6.54. The Morgan fingerprint density at radius 2 is 1.68 bits per heavy atom. The fourth-order valence-corrected chi connectivity index (χ4v) is 1.69. The van der Waals surface area contributed by atoms with Crippen molar-refractivity contribution in [3.05, 3.63) is 29.8 Å². The molecule has 0 atom stereocenters. The number of nitrogens with two attached hydrogens (primary N) is 1. The number of hydrogen-bond acceptors (Lipinski definition) is 2. The number of rotatable bonds is 4. The summed E-state index contributed by atoms with van der Waals surface area (Å²) >= 11 is 0. The van der Waals surface area contributed by atoms with Crippen LogP contribution in [0.25, 0.3) is 0 Å². The Balaban J connectivity index is 3.01. The van der Waals surface area contributed by atoms with E-state index in [1.54, 1.807) is 0 Å². The Morgan fingerprint density at radius 3 is 2.16 bits per heavy atom. The smallest absolute Gasteiger partial charge is 0.231 e. The van der Waals surface area contributed by atoms with Crippen LogP contribution in [0.3, 0.4) is 0 Å². The maximum atomic E-state index is 12.5. The van der Waals surface area contributed by atoms with Gasteiger partial charge in [-0.25, -0.2) is 0 Å². The van der Waals surface area contributed by atoms with E-state index in [-0.39, 0.29) is 5.91 Å². The molecule has 0 heterocycles. The van der Waals surface area contributed by atoms with Gasteiger partial charge in [0.05, 0.1) is 5.41 Å². The summed E-state index contributed by atoms with van der Waals surface area (Å²) in [5.41, 5.74) is 6.90. The van der Waals surface area contributed by atoms with Crippen molar-refractivity contribution in [2.45, 2.75) is 53.0 Å². The van der Waals surface area contributed by atoms with Gasteiger partial charge in [0.25, 0.3) is 0 Å². The van der Waals surface area contributed by atoms with Crippen molar-refractivity contribution in [1.29, 1.82) is 0 Å². The maximum absolute atomic E-state index is 12.5. The van der Waals surface area contributed by atoms with E-state index in [0.29, 0.717) is 5.92 Å². The van der Waals surface area contributed by atoms with Crippen molar-refractivity contribution in [3.63, 3.8) is 0 Å². The third-order valence-electron chi connectivity index (χ3n) is 4.01. The Labute approximate surface area is 116 Å². The highest BCUT2D eigenvalue weighted by Gasteiger charge is 2.40. The fraction of sp³-hybridized carbons (Fsp3) is 0.562. The lowest BCUT2D eigenvalue weighted by atomic mass is 9.74. The van der Waals surface area contributed by atoms with Crippen LogP contribution in [0.2, 0.25) is 0 Å². The number of carbonyl (C=O) groups excluding carboxylic acids is 1. The van der Waals surface area contributed by atoms with Crippen LogP contribution in [-0.4, -0.2) is 11.4 Å². The maximum Gasteiger partial charge on any atom is 0.231 e. The third-order valence-corrected chi connectivity index (χ3v) is 4.01. The largest absolute Gasteiger partial charge is 0.325 e. The van der Waals surface area contributed by atoms with Crippen LogP contribution >= 0.6 is 0 Å². The van der Waals surface area contributed by atoms with Gasteiger partial charge in [0.1, 0.15) is 0 Å². The minimum absolute atomic E-state index is 0.0481. The fourth-order valence-electron chi connectivity index (χ4n) is 1.69. The summed E-state index contributed by atoms with van der Waals surface area (Å²) in [7, 11) is 0. The van der Waals surface area contributed by atoms with E-state index in [2.05, 4.69) is 19.2 Å². The molecular weight excluding hydrogens is 236 g/mol. The van der Waals surface area contributed by atoms with Gasteiger partial charge >= 0.3 is 0 Å². The van der Waals surface area contributed by atoms with Crippen molar-refractivity contribution in [2.75, 3.05) is 5.32 Å². The third kappa shape index (κ3) is 3.35. The van der Waals surface area contributed by atoms with E-state index in [4.69, 9.17) is 5.73 Å². The van der Waals surface area contributed by atoms with Gasteiger partial charge in [-0.3, -0.25) is 4.79 Å². The molecule has 0 bridgehead atoms. The Morgan fingerprint density at radius 1 is 1.16 bits per heavy atom. The van der Waals surface area contributed by atoms with E-state index < -0.39 is 11.0 Å². The summed E-state index contributed by atoms with van der Waals surface area (Å²) < 4.78 is 0. The number of carbonyl (C=O) groups is 1. The predicted molar refractivity (Wildman–Crippen MR) is 81.2 cm³/mol. The van der Waals surface area contributed by atoms with E-state index in [9.17, 15) is 4.79 Å². The molecule has 19 heavy (non-hydrogen) atoms. The predicted octanol–water partition coefficient (Wildman–Crippen LogP) is 3.51. The number of anilines is 1. The van der Waals surface area contributed by atoms with Crippen LogP contribution in [-0.2, 0) is 4.79 Å². The van der Waals surface area contributed by atoms with E-state index >= 15 is 0 Å². The van der Waals surface area contributed by atoms with Crippen LogP contribution in [0.1, 0.15) is 53.0 Å². The molecule has 0 saturated heterocycles. The molecule has 0 saturated carbocycles.